The summed E-state index contributed by atoms with van der Waals surface area (Å²) in [7, 11) is 1.62. The van der Waals surface area contributed by atoms with E-state index >= 15 is 0 Å². The SMILES string of the molecule is C=CCn1c(=NC(=O)COc2ccc(Cl)cc2)sc2cccc(OC)c21. The number of fused-ring (bicyclic) bond motifs is 1. The molecule has 0 unspecified atom stereocenters. The van der Waals surface area contributed by atoms with Crippen molar-refractivity contribution in [1.82, 2.24) is 4.57 Å². The standard InChI is InChI=1S/C19H17ClN2O3S/c1-3-11-22-18-15(24-2)5-4-6-16(18)26-19(22)21-17(23)12-25-14-9-7-13(20)8-10-14/h3-10H,1,11-12H2,2H3. The number of benzene rings is 2. The maximum Gasteiger partial charge on any atom is 0.286 e. The largest absolute Gasteiger partial charge is 0.495 e. The van der Waals surface area contributed by atoms with Crippen molar-refractivity contribution in [1.29, 1.82) is 0 Å². The Balaban J connectivity index is 1.90. The predicted molar refractivity (Wildman–Crippen MR) is 104 cm³/mol. The van der Waals surface area contributed by atoms with E-state index in [1.807, 2.05) is 22.8 Å². The van der Waals surface area contributed by atoms with Gasteiger partial charge in [0.05, 0.1) is 11.8 Å². The van der Waals surface area contributed by atoms with Crippen LogP contribution < -0.4 is 14.3 Å². The first-order chi connectivity index (χ1) is 12.6. The number of thiazole rings is 1. The molecule has 0 radical (unpaired) electrons. The molecule has 0 saturated heterocycles. The molecular formula is C19H17ClN2O3S. The number of methoxy groups -OCH3 is 1. The van der Waals surface area contributed by atoms with Crippen LogP contribution in [-0.4, -0.2) is 24.2 Å². The zero-order chi connectivity index (χ0) is 18.5. The average Bonchev–Trinajstić information content (AvgIpc) is 2.99. The molecular weight excluding hydrogens is 372 g/mol. The number of para-hydroxylation sites is 1. The molecule has 3 aromatic rings. The molecule has 1 amide bonds. The van der Waals surface area contributed by atoms with E-state index in [0.29, 0.717) is 22.1 Å². The first-order valence-corrected chi connectivity index (χ1v) is 9.05. The van der Waals surface area contributed by atoms with E-state index in [-0.39, 0.29) is 12.5 Å². The number of ether oxygens (including phenoxy) is 2. The minimum absolute atomic E-state index is 0.152. The number of rotatable bonds is 6. The van der Waals surface area contributed by atoms with Gasteiger partial charge in [0.1, 0.15) is 17.0 Å². The first kappa shape index (κ1) is 18.2. The highest BCUT2D eigenvalue weighted by Crippen LogP contribution is 2.27. The van der Waals surface area contributed by atoms with Gasteiger partial charge in [-0.05, 0) is 36.4 Å². The van der Waals surface area contributed by atoms with Gasteiger partial charge >= 0.3 is 0 Å². The van der Waals surface area contributed by atoms with Crippen LogP contribution in [0.1, 0.15) is 0 Å². The van der Waals surface area contributed by atoms with Crippen LogP contribution in [0, 0.1) is 0 Å². The van der Waals surface area contributed by atoms with Gasteiger partial charge in [-0.1, -0.05) is 35.1 Å². The maximum absolute atomic E-state index is 12.3. The second-order valence-electron chi connectivity index (χ2n) is 5.34. The highest BCUT2D eigenvalue weighted by atomic mass is 35.5. The van der Waals surface area contributed by atoms with Crippen LogP contribution in [0.4, 0.5) is 0 Å². The van der Waals surface area contributed by atoms with Gasteiger partial charge in [-0.3, -0.25) is 4.79 Å². The van der Waals surface area contributed by atoms with Gasteiger partial charge in [0.15, 0.2) is 11.4 Å². The van der Waals surface area contributed by atoms with Gasteiger partial charge in [-0.25, -0.2) is 0 Å². The molecule has 0 aliphatic heterocycles. The molecule has 0 spiro atoms. The first-order valence-electron chi connectivity index (χ1n) is 7.85. The predicted octanol–water partition coefficient (Wildman–Crippen LogP) is 4.06. The zero-order valence-electron chi connectivity index (χ0n) is 14.1. The van der Waals surface area contributed by atoms with Crippen molar-refractivity contribution in [2.24, 2.45) is 4.99 Å². The van der Waals surface area contributed by atoms with E-state index in [0.717, 1.165) is 16.0 Å². The second kappa shape index (κ2) is 8.21. The van der Waals surface area contributed by atoms with Crippen LogP contribution >= 0.6 is 22.9 Å². The summed E-state index contributed by atoms with van der Waals surface area (Å²) in [6.07, 6.45) is 1.76. The molecule has 2 aromatic carbocycles. The van der Waals surface area contributed by atoms with E-state index < -0.39 is 0 Å². The maximum atomic E-state index is 12.3. The Morgan fingerprint density at radius 2 is 2.08 bits per heavy atom. The van der Waals surface area contributed by atoms with Crippen molar-refractivity contribution in [3.05, 3.63) is 64.9 Å². The van der Waals surface area contributed by atoms with Crippen LogP contribution in [0.3, 0.4) is 0 Å². The third-order valence-electron chi connectivity index (χ3n) is 3.59. The summed E-state index contributed by atoms with van der Waals surface area (Å²) in [5.74, 6) is 0.921. The van der Waals surface area contributed by atoms with Gasteiger partial charge in [0.2, 0.25) is 0 Å². The smallest absolute Gasteiger partial charge is 0.286 e. The average molecular weight is 389 g/mol. The van der Waals surface area contributed by atoms with Gasteiger partial charge in [0.25, 0.3) is 5.91 Å². The summed E-state index contributed by atoms with van der Waals surface area (Å²) in [6.45, 7) is 4.15. The van der Waals surface area contributed by atoms with Gasteiger partial charge in [0, 0.05) is 11.6 Å². The topological polar surface area (TPSA) is 52.8 Å². The lowest BCUT2D eigenvalue weighted by Gasteiger charge is -2.06. The van der Waals surface area contributed by atoms with Gasteiger partial charge in [-0.2, -0.15) is 4.99 Å². The molecule has 0 aliphatic carbocycles. The molecule has 0 fully saturated rings. The van der Waals surface area contributed by atoms with Crippen LogP contribution in [0.15, 0.2) is 60.1 Å². The normalized spacial score (nSPS) is 11.5. The third-order valence-corrected chi connectivity index (χ3v) is 4.89. The van der Waals surface area contributed by atoms with E-state index in [1.165, 1.54) is 11.3 Å². The highest BCUT2D eigenvalue weighted by Gasteiger charge is 2.11. The van der Waals surface area contributed by atoms with Crippen molar-refractivity contribution in [3.63, 3.8) is 0 Å². The lowest BCUT2D eigenvalue weighted by molar-refractivity contribution is -0.120. The van der Waals surface area contributed by atoms with E-state index in [1.54, 1.807) is 37.5 Å². The minimum atomic E-state index is -0.372. The van der Waals surface area contributed by atoms with Gasteiger partial charge in [-0.15, -0.1) is 6.58 Å². The molecule has 0 atom stereocenters. The molecule has 7 heteroatoms. The van der Waals surface area contributed by atoms with Crippen molar-refractivity contribution < 1.29 is 14.3 Å². The number of carbonyl (C=O) groups excluding carboxylic acids is 1. The van der Waals surface area contributed by atoms with E-state index in [2.05, 4.69) is 11.6 Å². The summed E-state index contributed by atoms with van der Waals surface area (Å²) in [5.41, 5.74) is 0.894. The Hall–Kier alpha value is -2.57. The van der Waals surface area contributed by atoms with Crippen LogP contribution in [0.25, 0.3) is 10.2 Å². The Morgan fingerprint density at radius 3 is 2.77 bits per heavy atom. The molecule has 5 nitrogen and oxygen atoms in total. The Labute approximate surface area is 159 Å². The third kappa shape index (κ3) is 3.98. The summed E-state index contributed by atoms with van der Waals surface area (Å²) in [5, 5.41) is 0.609. The fourth-order valence-corrected chi connectivity index (χ4v) is 3.66. The minimum Gasteiger partial charge on any atom is -0.495 e. The fourth-order valence-electron chi connectivity index (χ4n) is 2.46. The zero-order valence-corrected chi connectivity index (χ0v) is 15.7. The van der Waals surface area contributed by atoms with E-state index in [4.69, 9.17) is 21.1 Å². The number of halogens is 1. The second-order valence-corrected chi connectivity index (χ2v) is 6.78. The Morgan fingerprint density at radius 1 is 1.31 bits per heavy atom. The lowest BCUT2D eigenvalue weighted by atomic mass is 10.3. The van der Waals surface area contributed by atoms with Crippen LogP contribution in [-0.2, 0) is 11.3 Å². The summed E-state index contributed by atoms with van der Waals surface area (Å²) < 4.78 is 13.8. The summed E-state index contributed by atoms with van der Waals surface area (Å²) in [4.78, 5) is 17.0. The summed E-state index contributed by atoms with van der Waals surface area (Å²) >= 11 is 7.25. The monoisotopic (exact) mass is 388 g/mol. The van der Waals surface area contributed by atoms with Gasteiger partial charge < -0.3 is 14.0 Å². The van der Waals surface area contributed by atoms with Crippen molar-refractivity contribution >= 4 is 39.1 Å². The fraction of sp³-hybridized carbons (Fsp3) is 0.158. The molecule has 0 aliphatic rings. The van der Waals surface area contributed by atoms with Crippen molar-refractivity contribution in [2.45, 2.75) is 6.54 Å². The quantitative estimate of drug-likeness (QED) is 0.598. The van der Waals surface area contributed by atoms with Crippen molar-refractivity contribution in [2.75, 3.05) is 13.7 Å². The summed E-state index contributed by atoms with van der Waals surface area (Å²) in [6, 6.07) is 12.6. The highest BCUT2D eigenvalue weighted by molar-refractivity contribution is 7.16. The number of aromatic nitrogens is 1. The Kier molecular flexibility index (Phi) is 5.75. The molecule has 1 aromatic heterocycles. The molecule has 1 heterocycles. The number of nitrogens with zero attached hydrogens (tertiary/aromatic N) is 2. The number of allylic oxidation sites excluding steroid dienone is 1. The number of amides is 1. The molecule has 0 N–H and O–H groups in total. The molecule has 134 valence electrons. The molecule has 0 bridgehead atoms. The van der Waals surface area contributed by atoms with Crippen molar-refractivity contribution in [3.8, 4) is 11.5 Å². The molecule has 26 heavy (non-hydrogen) atoms. The number of hydrogen-bond acceptors (Lipinski definition) is 4. The Bertz CT molecular complexity index is 1010. The molecule has 3 rings (SSSR count). The number of carbonyl (C=O) groups is 1. The number of hydrogen-bond donors (Lipinski definition) is 0. The van der Waals surface area contributed by atoms with Crippen LogP contribution in [0.5, 0.6) is 11.5 Å². The van der Waals surface area contributed by atoms with E-state index in [9.17, 15) is 4.79 Å². The van der Waals surface area contributed by atoms with Crippen LogP contribution in [0.2, 0.25) is 5.02 Å². The lowest BCUT2D eigenvalue weighted by Crippen LogP contribution is -2.19. The molecule has 0 saturated carbocycles.